The summed E-state index contributed by atoms with van der Waals surface area (Å²) >= 11 is 7.65. The molecule has 6 heteroatoms. The van der Waals surface area contributed by atoms with E-state index in [-0.39, 0.29) is 23.2 Å². The van der Waals surface area contributed by atoms with Crippen molar-refractivity contribution in [2.45, 2.75) is 38.6 Å². The van der Waals surface area contributed by atoms with Crippen molar-refractivity contribution in [2.24, 2.45) is 5.92 Å². The third-order valence-electron chi connectivity index (χ3n) is 3.56. The zero-order valence-corrected chi connectivity index (χ0v) is 15.2. The summed E-state index contributed by atoms with van der Waals surface area (Å²) in [7, 11) is 0. The van der Waals surface area contributed by atoms with Crippen molar-refractivity contribution in [3.8, 4) is 0 Å². The fraction of sp³-hybridized carbons (Fsp3) is 0.529. The number of halogens is 1. The van der Waals surface area contributed by atoms with Crippen LogP contribution in [0.1, 0.15) is 38.1 Å². The molecule has 2 unspecified atom stereocenters. The van der Waals surface area contributed by atoms with Gasteiger partial charge in [-0.2, -0.15) is 0 Å². The molecule has 1 aliphatic rings. The highest BCUT2D eigenvalue weighted by atomic mass is 35.5. The molecule has 0 aromatic heterocycles. The summed E-state index contributed by atoms with van der Waals surface area (Å²) in [6, 6.07) is 6.92. The van der Waals surface area contributed by atoms with Gasteiger partial charge >= 0.3 is 5.97 Å². The summed E-state index contributed by atoms with van der Waals surface area (Å²) in [5, 5.41) is 0.424. The number of hydrogen-bond acceptors (Lipinski definition) is 4. The van der Waals surface area contributed by atoms with Crippen LogP contribution in [0.4, 0.5) is 0 Å². The van der Waals surface area contributed by atoms with Gasteiger partial charge < -0.3 is 9.64 Å². The molecule has 0 N–H and O–H groups in total. The van der Waals surface area contributed by atoms with Crippen LogP contribution in [0.3, 0.4) is 0 Å². The largest absolute Gasteiger partial charge is 0.464 e. The zero-order valence-electron chi connectivity index (χ0n) is 13.6. The second-order valence-corrected chi connectivity index (χ2v) is 7.46. The minimum absolute atomic E-state index is 0.0203. The molecule has 0 aliphatic carbocycles. The quantitative estimate of drug-likeness (QED) is 0.752. The van der Waals surface area contributed by atoms with Crippen molar-refractivity contribution in [1.29, 1.82) is 0 Å². The highest BCUT2D eigenvalue weighted by Gasteiger charge is 2.42. The van der Waals surface area contributed by atoms with Crippen molar-refractivity contribution < 1.29 is 14.3 Å². The number of thioether (sulfide) groups is 1. The third-order valence-corrected chi connectivity index (χ3v) is 5.12. The molecule has 0 spiro atoms. The van der Waals surface area contributed by atoms with Crippen molar-refractivity contribution in [3.63, 3.8) is 0 Å². The molecule has 23 heavy (non-hydrogen) atoms. The molecule has 2 rings (SSSR count). The van der Waals surface area contributed by atoms with Crippen molar-refractivity contribution in [1.82, 2.24) is 4.90 Å². The Hall–Kier alpha value is -1.20. The first-order valence-corrected chi connectivity index (χ1v) is 9.21. The Balaban J connectivity index is 2.30. The Morgan fingerprint density at radius 1 is 1.43 bits per heavy atom. The summed E-state index contributed by atoms with van der Waals surface area (Å²) in [5.74, 6) is 0.422. The molecular formula is C17H22ClNO3S. The van der Waals surface area contributed by atoms with E-state index in [2.05, 4.69) is 0 Å². The van der Waals surface area contributed by atoms with Gasteiger partial charge in [-0.3, -0.25) is 4.79 Å². The molecule has 1 fully saturated rings. The van der Waals surface area contributed by atoms with Crippen LogP contribution in [-0.4, -0.2) is 35.2 Å². The Bertz CT molecular complexity index is 579. The van der Waals surface area contributed by atoms with E-state index in [0.29, 0.717) is 23.8 Å². The number of ether oxygens (including phenoxy) is 1. The van der Waals surface area contributed by atoms with Crippen LogP contribution < -0.4 is 0 Å². The molecule has 1 aliphatic heterocycles. The lowest BCUT2D eigenvalue weighted by Gasteiger charge is -2.29. The zero-order chi connectivity index (χ0) is 17.0. The Labute approximate surface area is 146 Å². The smallest absolute Gasteiger partial charge is 0.329 e. The third kappa shape index (κ3) is 4.42. The predicted octanol–water partition coefficient (Wildman–Crippen LogP) is 3.89. The molecule has 1 aromatic carbocycles. The predicted molar refractivity (Wildman–Crippen MR) is 93.4 cm³/mol. The minimum Gasteiger partial charge on any atom is -0.464 e. The second kappa shape index (κ2) is 8.06. The highest BCUT2D eigenvalue weighted by Crippen LogP contribution is 2.42. The van der Waals surface area contributed by atoms with Crippen LogP contribution in [0.2, 0.25) is 5.02 Å². The molecule has 2 atom stereocenters. The van der Waals surface area contributed by atoms with E-state index in [4.69, 9.17) is 16.3 Å². The molecule has 0 radical (unpaired) electrons. The lowest BCUT2D eigenvalue weighted by molar-refractivity contribution is -0.154. The van der Waals surface area contributed by atoms with Crippen LogP contribution in [0.25, 0.3) is 0 Å². The van der Waals surface area contributed by atoms with Gasteiger partial charge in [0.15, 0.2) is 0 Å². The first-order valence-electron chi connectivity index (χ1n) is 7.78. The molecule has 0 saturated carbocycles. The van der Waals surface area contributed by atoms with Crippen LogP contribution in [0.5, 0.6) is 0 Å². The highest BCUT2D eigenvalue weighted by molar-refractivity contribution is 7.99. The second-order valence-electron chi connectivity index (χ2n) is 5.91. The maximum absolute atomic E-state index is 12.7. The molecule has 126 valence electrons. The van der Waals surface area contributed by atoms with E-state index in [1.807, 2.05) is 32.0 Å². The molecular weight excluding hydrogens is 334 g/mol. The number of amides is 1. The Morgan fingerprint density at radius 2 is 2.17 bits per heavy atom. The summed E-state index contributed by atoms with van der Waals surface area (Å²) in [5.41, 5.74) is 0.936. The maximum Gasteiger partial charge on any atom is 0.329 e. The normalized spacial score (nSPS) is 20.8. The molecule has 4 nitrogen and oxygen atoms in total. The van der Waals surface area contributed by atoms with Gasteiger partial charge in [0, 0.05) is 17.2 Å². The average Bonchev–Trinajstić information content (AvgIpc) is 2.91. The van der Waals surface area contributed by atoms with Gasteiger partial charge in [0.25, 0.3) is 0 Å². The van der Waals surface area contributed by atoms with Gasteiger partial charge in [-0.1, -0.05) is 37.6 Å². The first-order chi connectivity index (χ1) is 10.9. The molecule has 1 saturated heterocycles. The van der Waals surface area contributed by atoms with Crippen molar-refractivity contribution >= 4 is 35.2 Å². The van der Waals surface area contributed by atoms with E-state index >= 15 is 0 Å². The Kier molecular flexibility index (Phi) is 6.36. The van der Waals surface area contributed by atoms with E-state index in [1.165, 1.54) is 0 Å². The maximum atomic E-state index is 12.7. The van der Waals surface area contributed by atoms with Gasteiger partial charge in [0.2, 0.25) is 5.91 Å². The molecule has 1 aromatic rings. The van der Waals surface area contributed by atoms with Crippen LogP contribution in [0.15, 0.2) is 24.3 Å². The summed E-state index contributed by atoms with van der Waals surface area (Å²) in [4.78, 5) is 26.6. The van der Waals surface area contributed by atoms with Gasteiger partial charge in [0.1, 0.15) is 11.4 Å². The van der Waals surface area contributed by atoms with Crippen LogP contribution >= 0.6 is 23.4 Å². The molecule has 1 amide bonds. The van der Waals surface area contributed by atoms with E-state index < -0.39 is 6.04 Å². The number of carbonyl (C=O) groups is 2. The van der Waals surface area contributed by atoms with E-state index in [0.717, 1.165) is 5.56 Å². The Morgan fingerprint density at radius 3 is 2.78 bits per heavy atom. The topological polar surface area (TPSA) is 46.6 Å². The van der Waals surface area contributed by atoms with E-state index in [9.17, 15) is 9.59 Å². The lowest BCUT2D eigenvalue weighted by Crippen LogP contribution is -2.44. The summed E-state index contributed by atoms with van der Waals surface area (Å²) in [6.45, 7) is 6.08. The standard InChI is InChI=1S/C17H22ClNO3S/c1-4-22-17(21)14-10-23-16(12-6-5-7-13(18)9-12)19(14)15(20)8-11(2)3/h5-7,9,11,14,16H,4,8,10H2,1-3H3. The first kappa shape index (κ1) is 18.1. The van der Waals surface area contributed by atoms with Crippen LogP contribution in [-0.2, 0) is 14.3 Å². The van der Waals surface area contributed by atoms with Gasteiger partial charge in [-0.05, 0) is 30.5 Å². The van der Waals surface area contributed by atoms with Crippen LogP contribution in [0, 0.1) is 5.92 Å². The number of rotatable bonds is 5. The monoisotopic (exact) mass is 355 g/mol. The number of benzene rings is 1. The number of hydrogen-bond donors (Lipinski definition) is 0. The molecule has 0 bridgehead atoms. The van der Waals surface area contributed by atoms with Crippen molar-refractivity contribution in [3.05, 3.63) is 34.9 Å². The summed E-state index contributed by atoms with van der Waals surface area (Å²) < 4.78 is 5.15. The van der Waals surface area contributed by atoms with Gasteiger partial charge in [-0.25, -0.2) is 4.79 Å². The van der Waals surface area contributed by atoms with Crippen molar-refractivity contribution in [2.75, 3.05) is 12.4 Å². The van der Waals surface area contributed by atoms with Gasteiger partial charge in [-0.15, -0.1) is 11.8 Å². The lowest BCUT2D eigenvalue weighted by atomic mass is 10.1. The van der Waals surface area contributed by atoms with Gasteiger partial charge in [0.05, 0.1) is 6.61 Å². The summed E-state index contributed by atoms with van der Waals surface area (Å²) in [6.07, 6.45) is 0.410. The fourth-order valence-electron chi connectivity index (χ4n) is 2.60. The van der Waals surface area contributed by atoms with E-state index in [1.54, 1.807) is 29.7 Å². The fourth-order valence-corrected chi connectivity index (χ4v) is 4.23. The number of esters is 1. The SMILES string of the molecule is CCOC(=O)C1CSC(c2cccc(Cl)c2)N1C(=O)CC(C)C. The molecule has 1 heterocycles. The number of nitrogens with zero attached hydrogens (tertiary/aromatic N) is 1. The number of carbonyl (C=O) groups excluding carboxylic acids is 2. The minimum atomic E-state index is -0.532. The average molecular weight is 356 g/mol.